The predicted octanol–water partition coefficient (Wildman–Crippen LogP) is 7.35. The summed E-state index contributed by atoms with van der Waals surface area (Å²) in [5.74, 6) is 1.53. The number of ether oxygens (including phenoxy) is 3. The topological polar surface area (TPSA) is 91.6 Å². The standard InChI is InChI=1S/C38H39N5O4/c1-38(2,3)47-37(44)42-19-18-27(23-42)31-17-14-26(21-39-31)34-36-32(43(41-34)22-24-12-15-28(45-4)16-13-24)20-33(46-5)35(40-36)30-11-7-9-25-8-6-10-29(25)30/h7,9,11-18,20-21H,6,8,10,19,22-23H2,1-5H3. The van der Waals surface area contributed by atoms with Crippen molar-refractivity contribution >= 4 is 22.7 Å². The quantitative estimate of drug-likeness (QED) is 0.186. The molecule has 0 fully saturated rings. The summed E-state index contributed by atoms with van der Waals surface area (Å²) in [5.41, 5.74) is 10.3. The molecule has 240 valence electrons. The van der Waals surface area contributed by atoms with E-state index < -0.39 is 5.60 Å². The number of nitrogens with zero attached hydrogens (tertiary/aromatic N) is 5. The van der Waals surface area contributed by atoms with E-state index in [1.54, 1.807) is 19.1 Å². The molecule has 0 saturated carbocycles. The van der Waals surface area contributed by atoms with Crippen molar-refractivity contribution in [1.82, 2.24) is 24.6 Å². The van der Waals surface area contributed by atoms with E-state index in [-0.39, 0.29) is 6.09 Å². The predicted molar refractivity (Wildman–Crippen MR) is 183 cm³/mol. The number of carbonyl (C=O) groups is 1. The van der Waals surface area contributed by atoms with Gasteiger partial charge in [0.1, 0.15) is 34.0 Å². The van der Waals surface area contributed by atoms with Gasteiger partial charge in [0.25, 0.3) is 0 Å². The molecular formula is C38H39N5O4. The molecule has 47 heavy (non-hydrogen) atoms. The van der Waals surface area contributed by atoms with E-state index in [0.717, 1.165) is 81.1 Å². The maximum atomic E-state index is 12.6. The van der Waals surface area contributed by atoms with Crippen LogP contribution in [0.5, 0.6) is 11.5 Å². The first-order chi connectivity index (χ1) is 22.7. The van der Waals surface area contributed by atoms with Crippen LogP contribution in [0.25, 0.3) is 39.1 Å². The summed E-state index contributed by atoms with van der Waals surface area (Å²) in [6.45, 7) is 7.11. The summed E-state index contributed by atoms with van der Waals surface area (Å²) in [7, 11) is 3.37. The molecule has 5 aromatic rings. The fourth-order valence-corrected chi connectivity index (χ4v) is 6.42. The van der Waals surface area contributed by atoms with Gasteiger partial charge in [-0.3, -0.25) is 9.67 Å². The molecule has 2 aromatic carbocycles. The van der Waals surface area contributed by atoms with Crippen molar-refractivity contribution in [1.29, 1.82) is 0 Å². The van der Waals surface area contributed by atoms with Crippen LogP contribution in [0.3, 0.4) is 0 Å². The second kappa shape index (κ2) is 12.2. The molecule has 0 spiro atoms. The molecule has 1 amide bonds. The Labute approximate surface area is 274 Å². The summed E-state index contributed by atoms with van der Waals surface area (Å²) >= 11 is 0. The van der Waals surface area contributed by atoms with Crippen LogP contribution in [0.4, 0.5) is 4.79 Å². The van der Waals surface area contributed by atoms with Gasteiger partial charge in [0.2, 0.25) is 0 Å². The lowest BCUT2D eigenvalue weighted by Crippen LogP contribution is -2.35. The minimum Gasteiger partial charge on any atom is -0.497 e. The molecule has 3 aromatic heterocycles. The Morgan fingerprint density at radius 1 is 0.957 bits per heavy atom. The van der Waals surface area contributed by atoms with Gasteiger partial charge in [0, 0.05) is 29.9 Å². The van der Waals surface area contributed by atoms with Gasteiger partial charge in [-0.1, -0.05) is 36.4 Å². The highest BCUT2D eigenvalue weighted by molar-refractivity contribution is 5.93. The van der Waals surface area contributed by atoms with Gasteiger partial charge in [-0.2, -0.15) is 5.10 Å². The average molecular weight is 630 g/mol. The highest BCUT2D eigenvalue weighted by Crippen LogP contribution is 2.39. The zero-order chi connectivity index (χ0) is 32.7. The molecule has 7 rings (SSSR count). The molecule has 0 atom stereocenters. The van der Waals surface area contributed by atoms with Crippen molar-refractivity contribution in [3.05, 3.63) is 95.3 Å². The second-order valence-corrected chi connectivity index (χ2v) is 13.1. The molecule has 9 heteroatoms. The third-order valence-corrected chi connectivity index (χ3v) is 8.74. The van der Waals surface area contributed by atoms with Crippen molar-refractivity contribution in [3.63, 3.8) is 0 Å². The Morgan fingerprint density at radius 3 is 2.51 bits per heavy atom. The third-order valence-electron chi connectivity index (χ3n) is 8.74. The molecule has 1 aliphatic heterocycles. The summed E-state index contributed by atoms with van der Waals surface area (Å²) < 4.78 is 18.9. The van der Waals surface area contributed by atoms with Crippen molar-refractivity contribution in [2.45, 2.75) is 52.2 Å². The second-order valence-electron chi connectivity index (χ2n) is 13.1. The molecule has 0 saturated heterocycles. The van der Waals surface area contributed by atoms with Crippen molar-refractivity contribution in [2.75, 3.05) is 27.3 Å². The number of hydrogen-bond acceptors (Lipinski definition) is 7. The number of amides is 1. The van der Waals surface area contributed by atoms with E-state index in [1.807, 2.05) is 74.1 Å². The van der Waals surface area contributed by atoms with Crippen molar-refractivity contribution < 1.29 is 19.0 Å². The first-order valence-electron chi connectivity index (χ1n) is 16.0. The fraction of sp³-hybridized carbons (Fsp3) is 0.316. The third kappa shape index (κ3) is 6.05. The Kier molecular flexibility index (Phi) is 7.91. The molecular weight excluding hydrogens is 590 g/mol. The highest BCUT2D eigenvalue weighted by atomic mass is 16.6. The molecule has 1 aliphatic carbocycles. The van der Waals surface area contributed by atoms with Gasteiger partial charge in [-0.05, 0) is 86.6 Å². The maximum Gasteiger partial charge on any atom is 0.410 e. The van der Waals surface area contributed by atoms with Crippen molar-refractivity contribution in [2.24, 2.45) is 0 Å². The number of aryl methyl sites for hydroxylation is 1. The summed E-state index contributed by atoms with van der Waals surface area (Å²) in [4.78, 5) is 24.4. The van der Waals surface area contributed by atoms with Crippen LogP contribution in [-0.4, -0.2) is 63.7 Å². The lowest BCUT2D eigenvalue weighted by atomic mass is 9.99. The Bertz CT molecular complexity index is 1990. The first kappa shape index (κ1) is 30.5. The van der Waals surface area contributed by atoms with Crippen LogP contribution in [0, 0.1) is 0 Å². The minimum atomic E-state index is -0.544. The zero-order valence-corrected chi connectivity index (χ0v) is 27.5. The van der Waals surface area contributed by atoms with Gasteiger partial charge in [0.05, 0.1) is 38.5 Å². The number of methoxy groups -OCH3 is 2. The van der Waals surface area contributed by atoms with Gasteiger partial charge in [-0.15, -0.1) is 0 Å². The van der Waals surface area contributed by atoms with E-state index in [1.165, 1.54) is 11.1 Å². The number of hydrogen-bond donors (Lipinski definition) is 0. The molecule has 0 N–H and O–H groups in total. The Hall–Kier alpha value is -5.18. The number of fused-ring (bicyclic) bond motifs is 2. The Morgan fingerprint density at radius 2 is 1.79 bits per heavy atom. The summed E-state index contributed by atoms with van der Waals surface area (Å²) in [6, 6.07) is 20.6. The van der Waals surface area contributed by atoms with Gasteiger partial charge in [-0.25, -0.2) is 9.78 Å². The maximum absolute atomic E-state index is 12.6. The summed E-state index contributed by atoms with van der Waals surface area (Å²) in [5, 5.41) is 5.12. The van der Waals surface area contributed by atoms with Crippen LogP contribution >= 0.6 is 0 Å². The number of rotatable bonds is 7. The molecule has 0 unspecified atom stereocenters. The van der Waals surface area contributed by atoms with Crippen LogP contribution in [0.2, 0.25) is 0 Å². The average Bonchev–Trinajstić information content (AvgIpc) is 3.83. The van der Waals surface area contributed by atoms with Gasteiger partial charge in [0.15, 0.2) is 0 Å². The number of carbonyl (C=O) groups excluding carboxylic acids is 1. The van der Waals surface area contributed by atoms with Crippen LogP contribution < -0.4 is 9.47 Å². The van der Waals surface area contributed by atoms with E-state index in [9.17, 15) is 4.79 Å². The normalized spacial score (nSPS) is 14.3. The Balaban J connectivity index is 1.27. The highest BCUT2D eigenvalue weighted by Gasteiger charge is 2.27. The van der Waals surface area contributed by atoms with E-state index in [4.69, 9.17) is 29.3 Å². The largest absolute Gasteiger partial charge is 0.497 e. The molecule has 4 heterocycles. The van der Waals surface area contributed by atoms with Gasteiger partial charge < -0.3 is 19.1 Å². The monoisotopic (exact) mass is 629 g/mol. The van der Waals surface area contributed by atoms with Crippen molar-refractivity contribution in [3.8, 4) is 34.0 Å². The van der Waals surface area contributed by atoms with Crippen LogP contribution in [0.15, 0.2) is 72.9 Å². The van der Waals surface area contributed by atoms with Crippen LogP contribution in [-0.2, 0) is 24.1 Å². The fourth-order valence-electron chi connectivity index (χ4n) is 6.42. The van der Waals surface area contributed by atoms with E-state index in [0.29, 0.717) is 19.6 Å². The number of pyridine rings is 2. The first-order valence-corrected chi connectivity index (χ1v) is 16.0. The molecule has 0 radical (unpaired) electrons. The number of benzene rings is 2. The smallest absolute Gasteiger partial charge is 0.410 e. The summed E-state index contributed by atoms with van der Waals surface area (Å²) in [6.07, 6.45) is 6.82. The van der Waals surface area contributed by atoms with E-state index >= 15 is 0 Å². The van der Waals surface area contributed by atoms with E-state index in [2.05, 4.69) is 24.3 Å². The molecule has 0 bridgehead atoms. The minimum absolute atomic E-state index is 0.324. The number of aromatic nitrogens is 4. The van der Waals surface area contributed by atoms with Crippen LogP contribution in [0.1, 0.15) is 49.6 Å². The zero-order valence-electron chi connectivity index (χ0n) is 27.5. The molecule has 2 aliphatic rings. The SMILES string of the molecule is COc1ccc(Cn2nc(-c3ccc(C4=CCN(C(=O)OC(C)(C)C)C4)nc3)c3nc(-c4cccc5c4CCC5)c(OC)cc32)cc1. The van der Waals surface area contributed by atoms with Gasteiger partial charge >= 0.3 is 6.09 Å². The lowest BCUT2D eigenvalue weighted by Gasteiger charge is -2.24. The molecule has 9 nitrogen and oxygen atoms in total. The lowest BCUT2D eigenvalue weighted by molar-refractivity contribution is 0.0306.